The molecule has 1 rings (SSSR count). The number of rotatable bonds is 9. The predicted molar refractivity (Wildman–Crippen MR) is 83.3 cm³/mol. The standard InChI is InChI=1S/C14H22ClNO3S/c1-3-7-16-11-12-5-6-14(13(15)10-12)19-8-9-20(17,18)4-2/h5-6,10,16H,3-4,7-9,11H2,1-2H3. The number of ether oxygens (including phenoxy) is 1. The first-order valence-electron chi connectivity index (χ1n) is 6.81. The molecule has 1 N–H and O–H groups in total. The summed E-state index contributed by atoms with van der Waals surface area (Å²) >= 11 is 6.12. The molecule has 0 heterocycles. The summed E-state index contributed by atoms with van der Waals surface area (Å²) in [6.45, 7) is 5.59. The minimum atomic E-state index is -3.00. The molecule has 0 aliphatic rings. The summed E-state index contributed by atoms with van der Waals surface area (Å²) in [6, 6.07) is 5.55. The molecule has 4 nitrogen and oxygen atoms in total. The molecule has 0 bridgehead atoms. The van der Waals surface area contributed by atoms with Crippen molar-refractivity contribution in [3.8, 4) is 5.75 Å². The second-order valence-electron chi connectivity index (χ2n) is 4.53. The van der Waals surface area contributed by atoms with Crippen molar-refractivity contribution in [3.63, 3.8) is 0 Å². The minimum Gasteiger partial charge on any atom is -0.491 e. The number of hydrogen-bond donors (Lipinski definition) is 1. The van der Waals surface area contributed by atoms with Crippen molar-refractivity contribution in [3.05, 3.63) is 28.8 Å². The molecule has 114 valence electrons. The highest BCUT2D eigenvalue weighted by molar-refractivity contribution is 7.91. The Labute approximate surface area is 126 Å². The van der Waals surface area contributed by atoms with Gasteiger partial charge in [0.15, 0.2) is 9.84 Å². The fraction of sp³-hybridized carbons (Fsp3) is 0.571. The van der Waals surface area contributed by atoms with Gasteiger partial charge >= 0.3 is 0 Å². The van der Waals surface area contributed by atoms with Crippen molar-refractivity contribution in [1.82, 2.24) is 5.32 Å². The maximum atomic E-state index is 11.4. The van der Waals surface area contributed by atoms with Crippen LogP contribution >= 0.6 is 11.6 Å². The van der Waals surface area contributed by atoms with Gasteiger partial charge in [0.05, 0.1) is 10.8 Å². The van der Waals surface area contributed by atoms with Crippen molar-refractivity contribution in [2.45, 2.75) is 26.8 Å². The Bertz CT molecular complexity index is 517. The largest absolute Gasteiger partial charge is 0.491 e. The van der Waals surface area contributed by atoms with Crippen LogP contribution in [0.2, 0.25) is 5.02 Å². The van der Waals surface area contributed by atoms with Crippen molar-refractivity contribution in [2.75, 3.05) is 24.7 Å². The molecule has 0 saturated carbocycles. The maximum absolute atomic E-state index is 11.4. The van der Waals surface area contributed by atoms with Crippen LogP contribution in [0.1, 0.15) is 25.8 Å². The minimum absolute atomic E-state index is 0.0135. The summed E-state index contributed by atoms with van der Waals surface area (Å²) in [6.07, 6.45) is 1.08. The average molecular weight is 320 g/mol. The molecular weight excluding hydrogens is 298 g/mol. The van der Waals surface area contributed by atoms with E-state index in [0.717, 1.165) is 25.1 Å². The van der Waals surface area contributed by atoms with Gasteiger partial charge in [0.25, 0.3) is 0 Å². The van der Waals surface area contributed by atoms with E-state index in [1.807, 2.05) is 12.1 Å². The topological polar surface area (TPSA) is 55.4 Å². The third kappa shape index (κ3) is 6.11. The lowest BCUT2D eigenvalue weighted by atomic mass is 10.2. The fourth-order valence-electron chi connectivity index (χ4n) is 1.60. The van der Waals surface area contributed by atoms with Crippen molar-refractivity contribution < 1.29 is 13.2 Å². The SMILES string of the molecule is CCCNCc1ccc(OCCS(=O)(=O)CC)c(Cl)c1. The Balaban J connectivity index is 2.51. The van der Waals surface area contributed by atoms with Crippen LogP contribution in [0.5, 0.6) is 5.75 Å². The van der Waals surface area contributed by atoms with Crippen LogP contribution in [0.15, 0.2) is 18.2 Å². The third-order valence-electron chi connectivity index (χ3n) is 2.84. The van der Waals surface area contributed by atoms with E-state index in [9.17, 15) is 8.42 Å². The van der Waals surface area contributed by atoms with Gasteiger partial charge in [-0.1, -0.05) is 31.5 Å². The fourth-order valence-corrected chi connectivity index (χ4v) is 2.49. The van der Waals surface area contributed by atoms with Gasteiger partial charge < -0.3 is 10.1 Å². The van der Waals surface area contributed by atoms with Crippen LogP contribution in [-0.2, 0) is 16.4 Å². The Morgan fingerprint density at radius 2 is 2.05 bits per heavy atom. The van der Waals surface area contributed by atoms with Gasteiger partial charge in [0.2, 0.25) is 0 Å². The highest BCUT2D eigenvalue weighted by atomic mass is 35.5. The van der Waals surface area contributed by atoms with E-state index < -0.39 is 9.84 Å². The molecule has 6 heteroatoms. The van der Waals surface area contributed by atoms with Gasteiger partial charge in [-0.05, 0) is 30.7 Å². The van der Waals surface area contributed by atoms with Gasteiger partial charge in [-0.3, -0.25) is 0 Å². The van der Waals surface area contributed by atoms with Crippen LogP contribution in [-0.4, -0.2) is 33.1 Å². The Morgan fingerprint density at radius 1 is 1.30 bits per heavy atom. The monoisotopic (exact) mass is 319 g/mol. The van der Waals surface area contributed by atoms with Crippen LogP contribution in [0.3, 0.4) is 0 Å². The number of nitrogens with one attached hydrogen (secondary N) is 1. The molecule has 0 aromatic heterocycles. The molecule has 0 saturated heterocycles. The molecule has 1 aromatic rings. The zero-order valence-electron chi connectivity index (χ0n) is 12.0. The maximum Gasteiger partial charge on any atom is 0.153 e. The summed E-state index contributed by atoms with van der Waals surface area (Å²) in [7, 11) is -3.00. The first-order valence-corrected chi connectivity index (χ1v) is 9.00. The quantitative estimate of drug-likeness (QED) is 0.711. The van der Waals surface area contributed by atoms with Gasteiger partial charge in [0.1, 0.15) is 12.4 Å². The second kappa shape index (κ2) is 8.49. The van der Waals surface area contributed by atoms with Crippen molar-refractivity contribution in [2.24, 2.45) is 0 Å². The molecule has 0 radical (unpaired) electrons. The van der Waals surface area contributed by atoms with E-state index in [-0.39, 0.29) is 18.1 Å². The van der Waals surface area contributed by atoms with Gasteiger partial charge in [0, 0.05) is 12.3 Å². The third-order valence-corrected chi connectivity index (χ3v) is 4.81. The molecular formula is C14H22ClNO3S. The number of hydrogen-bond acceptors (Lipinski definition) is 4. The summed E-state index contributed by atoms with van der Waals surface area (Å²) in [5.41, 5.74) is 1.08. The number of halogens is 1. The van der Waals surface area contributed by atoms with Gasteiger partial charge in [-0.25, -0.2) is 8.42 Å². The lowest BCUT2D eigenvalue weighted by Gasteiger charge is -2.10. The van der Waals surface area contributed by atoms with Crippen molar-refractivity contribution in [1.29, 1.82) is 0 Å². The molecule has 20 heavy (non-hydrogen) atoms. The van der Waals surface area contributed by atoms with Gasteiger partial charge in [-0.2, -0.15) is 0 Å². The normalized spacial score (nSPS) is 11.6. The molecule has 0 aliphatic carbocycles. The summed E-state index contributed by atoms with van der Waals surface area (Å²) in [5, 5.41) is 3.80. The summed E-state index contributed by atoms with van der Waals surface area (Å²) < 4.78 is 28.1. The first kappa shape index (κ1) is 17.3. The van der Waals surface area contributed by atoms with E-state index in [0.29, 0.717) is 10.8 Å². The Morgan fingerprint density at radius 3 is 2.65 bits per heavy atom. The van der Waals surface area contributed by atoms with Crippen LogP contribution < -0.4 is 10.1 Å². The van der Waals surface area contributed by atoms with Crippen LogP contribution in [0.25, 0.3) is 0 Å². The molecule has 0 unspecified atom stereocenters. The molecule has 0 fully saturated rings. The second-order valence-corrected chi connectivity index (χ2v) is 7.41. The molecule has 0 spiro atoms. The number of sulfone groups is 1. The van der Waals surface area contributed by atoms with E-state index in [1.54, 1.807) is 13.0 Å². The summed E-state index contributed by atoms with van der Waals surface area (Å²) in [5.74, 6) is 0.670. The van der Waals surface area contributed by atoms with E-state index in [4.69, 9.17) is 16.3 Å². The smallest absolute Gasteiger partial charge is 0.153 e. The van der Waals surface area contributed by atoms with E-state index in [2.05, 4.69) is 12.2 Å². The number of benzene rings is 1. The molecule has 0 amide bonds. The first-order chi connectivity index (χ1) is 9.48. The van der Waals surface area contributed by atoms with E-state index in [1.165, 1.54) is 0 Å². The van der Waals surface area contributed by atoms with Gasteiger partial charge in [-0.15, -0.1) is 0 Å². The highest BCUT2D eigenvalue weighted by Gasteiger charge is 2.09. The zero-order valence-corrected chi connectivity index (χ0v) is 13.6. The van der Waals surface area contributed by atoms with Crippen LogP contribution in [0.4, 0.5) is 0 Å². The predicted octanol–water partition coefficient (Wildman–Crippen LogP) is 2.65. The Hall–Kier alpha value is -0.780. The molecule has 0 aliphatic heterocycles. The molecule has 0 atom stereocenters. The van der Waals surface area contributed by atoms with E-state index >= 15 is 0 Å². The average Bonchev–Trinajstić information content (AvgIpc) is 2.41. The highest BCUT2D eigenvalue weighted by Crippen LogP contribution is 2.25. The van der Waals surface area contributed by atoms with Crippen LogP contribution in [0, 0.1) is 0 Å². The van der Waals surface area contributed by atoms with Crippen molar-refractivity contribution >= 4 is 21.4 Å². The Kier molecular flexibility index (Phi) is 7.34. The lowest BCUT2D eigenvalue weighted by Crippen LogP contribution is -2.16. The zero-order chi connectivity index (χ0) is 15.0. The lowest BCUT2D eigenvalue weighted by molar-refractivity contribution is 0.341. The molecule has 1 aromatic carbocycles. The summed E-state index contributed by atoms with van der Waals surface area (Å²) in [4.78, 5) is 0.